The molecule has 1 aliphatic rings. The van der Waals surface area contributed by atoms with Crippen molar-refractivity contribution in [1.82, 2.24) is 4.90 Å². The molecular weight excluding hydrogens is 174 g/mol. The molecule has 1 saturated carbocycles. The van der Waals surface area contributed by atoms with E-state index in [1.54, 1.807) is 0 Å². The van der Waals surface area contributed by atoms with Crippen LogP contribution < -0.4 is 0 Å². The number of hydrogen-bond donors (Lipinski definition) is 0. The SMILES string of the molecule is CN(CC1CCCC1=O)CC(C)(C)C. The van der Waals surface area contributed by atoms with Crippen molar-refractivity contribution in [3.8, 4) is 0 Å². The van der Waals surface area contributed by atoms with E-state index in [0.717, 1.165) is 32.4 Å². The Labute approximate surface area is 87.7 Å². The molecule has 0 saturated heterocycles. The van der Waals surface area contributed by atoms with Gasteiger partial charge in [0.15, 0.2) is 0 Å². The Morgan fingerprint density at radius 3 is 2.50 bits per heavy atom. The second-order valence-corrected chi connectivity index (χ2v) is 5.81. The molecule has 0 spiro atoms. The number of carbonyl (C=O) groups is 1. The summed E-state index contributed by atoms with van der Waals surface area (Å²) in [5.74, 6) is 0.799. The van der Waals surface area contributed by atoms with Crippen LogP contribution in [0.2, 0.25) is 0 Å². The quantitative estimate of drug-likeness (QED) is 0.692. The maximum absolute atomic E-state index is 11.4. The predicted octanol–water partition coefficient (Wildman–Crippen LogP) is 2.33. The first-order valence-electron chi connectivity index (χ1n) is 5.60. The van der Waals surface area contributed by atoms with Gasteiger partial charge in [0.25, 0.3) is 0 Å². The van der Waals surface area contributed by atoms with Gasteiger partial charge in [-0.1, -0.05) is 20.8 Å². The molecule has 0 aliphatic heterocycles. The average molecular weight is 197 g/mol. The first-order chi connectivity index (χ1) is 6.38. The summed E-state index contributed by atoms with van der Waals surface area (Å²) >= 11 is 0. The third kappa shape index (κ3) is 3.79. The fourth-order valence-corrected chi connectivity index (χ4v) is 2.33. The number of carbonyl (C=O) groups excluding carboxylic acids is 1. The molecule has 1 atom stereocenters. The summed E-state index contributed by atoms with van der Waals surface area (Å²) in [5, 5.41) is 0. The van der Waals surface area contributed by atoms with Crippen molar-refractivity contribution in [2.75, 3.05) is 20.1 Å². The topological polar surface area (TPSA) is 20.3 Å². The van der Waals surface area contributed by atoms with Crippen LogP contribution in [0.25, 0.3) is 0 Å². The molecule has 1 fully saturated rings. The first-order valence-corrected chi connectivity index (χ1v) is 5.60. The smallest absolute Gasteiger partial charge is 0.137 e. The van der Waals surface area contributed by atoms with Crippen LogP contribution in [0.5, 0.6) is 0 Å². The third-order valence-electron chi connectivity index (χ3n) is 2.71. The highest BCUT2D eigenvalue weighted by atomic mass is 16.1. The number of nitrogens with zero attached hydrogens (tertiary/aromatic N) is 1. The van der Waals surface area contributed by atoms with Gasteiger partial charge < -0.3 is 4.90 Å². The fraction of sp³-hybridized carbons (Fsp3) is 0.917. The highest BCUT2D eigenvalue weighted by Crippen LogP contribution is 2.23. The van der Waals surface area contributed by atoms with Gasteiger partial charge in [-0.2, -0.15) is 0 Å². The van der Waals surface area contributed by atoms with Crippen molar-refractivity contribution in [2.24, 2.45) is 11.3 Å². The molecule has 0 N–H and O–H groups in total. The molecule has 0 bridgehead atoms. The zero-order valence-corrected chi connectivity index (χ0v) is 9.97. The highest BCUT2D eigenvalue weighted by molar-refractivity contribution is 5.83. The Kier molecular flexibility index (Phi) is 3.71. The molecule has 0 radical (unpaired) electrons. The summed E-state index contributed by atoms with van der Waals surface area (Å²) < 4.78 is 0. The van der Waals surface area contributed by atoms with Crippen LogP contribution in [0.1, 0.15) is 40.0 Å². The molecule has 2 heteroatoms. The maximum Gasteiger partial charge on any atom is 0.137 e. The van der Waals surface area contributed by atoms with Gasteiger partial charge in [-0.3, -0.25) is 4.79 Å². The van der Waals surface area contributed by atoms with Gasteiger partial charge >= 0.3 is 0 Å². The van der Waals surface area contributed by atoms with E-state index in [1.165, 1.54) is 0 Å². The normalized spacial score (nSPS) is 23.5. The standard InChI is InChI=1S/C12H23NO/c1-12(2,3)9-13(4)8-10-6-5-7-11(10)14/h10H,5-9H2,1-4H3. The molecule has 82 valence electrons. The van der Waals surface area contributed by atoms with Crippen LogP contribution in [0.4, 0.5) is 0 Å². The zero-order valence-electron chi connectivity index (χ0n) is 9.97. The zero-order chi connectivity index (χ0) is 10.8. The summed E-state index contributed by atoms with van der Waals surface area (Å²) in [6, 6.07) is 0. The van der Waals surface area contributed by atoms with Crippen LogP contribution in [-0.2, 0) is 4.79 Å². The van der Waals surface area contributed by atoms with Crippen LogP contribution in [0, 0.1) is 11.3 Å². The average Bonchev–Trinajstić information content (AvgIpc) is 2.32. The van der Waals surface area contributed by atoms with Crippen molar-refractivity contribution in [1.29, 1.82) is 0 Å². The number of Topliss-reactive ketones (excluding diaryl/α,β-unsaturated/α-hetero) is 1. The van der Waals surface area contributed by atoms with Gasteiger partial charge in [0, 0.05) is 25.4 Å². The molecule has 0 aromatic rings. The Bertz CT molecular complexity index is 205. The Morgan fingerprint density at radius 1 is 1.43 bits per heavy atom. The summed E-state index contributed by atoms with van der Waals surface area (Å²) in [6.07, 6.45) is 3.02. The van der Waals surface area contributed by atoms with E-state index in [2.05, 4.69) is 32.7 Å². The van der Waals surface area contributed by atoms with Crippen LogP contribution in [0.15, 0.2) is 0 Å². The molecule has 1 rings (SSSR count). The largest absolute Gasteiger partial charge is 0.305 e. The van der Waals surface area contributed by atoms with Gasteiger partial charge in [-0.25, -0.2) is 0 Å². The molecule has 0 heterocycles. The van der Waals surface area contributed by atoms with Gasteiger partial charge in [0.2, 0.25) is 0 Å². The molecule has 14 heavy (non-hydrogen) atoms. The van der Waals surface area contributed by atoms with Crippen molar-refractivity contribution >= 4 is 5.78 Å². The third-order valence-corrected chi connectivity index (χ3v) is 2.71. The number of ketones is 1. The molecule has 0 amide bonds. The predicted molar refractivity (Wildman–Crippen MR) is 59.3 cm³/mol. The van der Waals surface area contributed by atoms with E-state index in [9.17, 15) is 4.79 Å². The minimum atomic E-state index is 0.322. The molecule has 1 unspecified atom stereocenters. The summed E-state index contributed by atoms with van der Waals surface area (Å²) in [4.78, 5) is 13.7. The van der Waals surface area contributed by atoms with E-state index in [1.807, 2.05) is 0 Å². The Balaban J connectivity index is 2.33. The van der Waals surface area contributed by atoms with Crippen molar-refractivity contribution in [3.63, 3.8) is 0 Å². The maximum atomic E-state index is 11.4. The van der Waals surface area contributed by atoms with Crippen LogP contribution in [0.3, 0.4) is 0 Å². The van der Waals surface area contributed by atoms with E-state index in [0.29, 0.717) is 17.1 Å². The fourth-order valence-electron chi connectivity index (χ4n) is 2.33. The van der Waals surface area contributed by atoms with Crippen molar-refractivity contribution in [2.45, 2.75) is 40.0 Å². The Hall–Kier alpha value is -0.370. The lowest BCUT2D eigenvalue weighted by Crippen LogP contribution is -2.34. The second-order valence-electron chi connectivity index (χ2n) is 5.81. The number of rotatable bonds is 3. The molecule has 1 aliphatic carbocycles. The lowest BCUT2D eigenvalue weighted by Gasteiger charge is -2.28. The first kappa shape index (κ1) is 11.7. The summed E-state index contributed by atoms with van der Waals surface area (Å²) in [7, 11) is 2.12. The summed E-state index contributed by atoms with van der Waals surface area (Å²) in [5.41, 5.74) is 0.330. The van der Waals surface area contributed by atoms with Crippen molar-refractivity contribution < 1.29 is 4.79 Å². The van der Waals surface area contributed by atoms with Gasteiger partial charge in [0.05, 0.1) is 0 Å². The van der Waals surface area contributed by atoms with E-state index in [4.69, 9.17) is 0 Å². The van der Waals surface area contributed by atoms with E-state index < -0.39 is 0 Å². The van der Waals surface area contributed by atoms with E-state index in [-0.39, 0.29) is 0 Å². The van der Waals surface area contributed by atoms with Crippen molar-refractivity contribution in [3.05, 3.63) is 0 Å². The molecule has 0 aromatic heterocycles. The summed E-state index contributed by atoms with van der Waals surface area (Å²) in [6.45, 7) is 8.73. The Morgan fingerprint density at radius 2 is 2.07 bits per heavy atom. The van der Waals surface area contributed by atoms with Gasteiger partial charge in [0.1, 0.15) is 5.78 Å². The number of hydrogen-bond acceptors (Lipinski definition) is 2. The van der Waals surface area contributed by atoms with Crippen LogP contribution in [-0.4, -0.2) is 30.8 Å². The molecule has 0 aromatic carbocycles. The minimum Gasteiger partial charge on any atom is -0.305 e. The monoisotopic (exact) mass is 197 g/mol. The van der Waals surface area contributed by atoms with Gasteiger partial charge in [-0.15, -0.1) is 0 Å². The second kappa shape index (κ2) is 4.43. The lowest BCUT2D eigenvalue weighted by atomic mass is 9.95. The lowest BCUT2D eigenvalue weighted by molar-refractivity contribution is -0.121. The van der Waals surface area contributed by atoms with E-state index >= 15 is 0 Å². The minimum absolute atomic E-state index is 0.322. The molecule has 2 nitrogen and oxygen atoms in total. The van der Waals surface area contributed by atoms with Gasteiger partial charge in [-0.05, 0) is 25.3 Å². The highest BCUT2D eigenvalue weighted by Gasteiger charge is 2.26. The molecular formula is C12H23NO. The van der Waals surface area contributed by atoms with Crippen LogP contribution >= 0.6 is 0 Å².